The molecule has 1 aromatic heterocycles. The maximum absolute atomic E-state index is 5.79. The molecule has 1 aromatic rings. The molecule has 2 fully saturated rings. The molecule has 0 radical (unpaired) electrons. The highest BCUT2D eigenvalue weighted by Crippen LogP contribution is 2.30. The summed E-state index contributed by atoms with van der Waals surface area (Å²) >= 11 is 5.79. The van der Waals surface area contributed by atoms with E-state index in [1.165, 1.54) is 5.56 Å². The van der Waals surface area contributed by atoms with Crippen LogP contribution in [0.5, 0.6) is 0 Å². The molecule has 2 saturated heterocycles. The van der Waals surface area contributed by atoms with Crippen LogP contribution in [0.25, 0.3) is 0 Å². The predicted octanol–water partition coefficient (Wildman–Crippen LogP) is 2.07. The van der Waals surface area contributed by atoms with Gasteiger partial charge in [-0.15, -0.1) is 0 Å². The second-order valence-corrected chi connectivity index (χ2v) is 5.30. The first kappa shape index (κ1) is 12.4. The van der Waals surface area contributed by atoms with Crippen molar-refractivity contribution in [2.24, 2.45) is 0 Å². The maximum atomic E-state index is 5.79. The Morgan fingerprint density at radius 3 is 2.89 bits per heavy atom. The van der Waals surface area contributed by atoms with Gasteiger partial charge in [0, 0.05) is 19.2 Å². The Labute approximate surface area is 112 Å². The van der Waals surface area contributed by atoms with E-state index in [2.05, 4.69) is 9.88 Å². The minimum Gasteiger partial charge on any atom is -0.346 e. The Bertz CT molecular complexity index is 404. The molecule has 0 bridgehead atoms. The minimum absolute atomic E-state index is 0.349. The second kappa shape index (κ2) is 5.13. The molecule has 3 heterocycles. The van der Waals surface area contributed by atoms with Gasteiger partial charge in [-0.2, -0.15) is 0 Å². The van der Waals surface area contributed by atoms with Crippen LogP contribution in [-0.2, 0) is 16.0 Å². The number of hydrogen-bond acceptors (Lipinski definition) is 4. The van der Waals surface area contributed by atoms with Gasteiger partial charge in [0.25, 0.3) is 0 Å². The van der Waals surface area contributed by atoms with Crippen molar-refractivity contribution in [2.45, 2.75) is 25.2 Å². The Morgan fingerprint density at radius 2 is 2.17 bits per heavy atom. The van der Waals surface area contributed by atoms with E-state index in [1.54, 1.807) is 0 Å². The summed E-state index contributed by atoms with van der Waals surface area (Å²) in [5.41, 5.74) is 1.18. The smallest absolute Gasteiger partial charge is 0.181 e. The van der Waals surface area contributed by atoms with Crippen molar-refractivity contribution in [1.82, 2.24) is 9.88 Å². The van der Waals surface area contributed by atoms with E-state index in [-0.39, 0.29) is 5.79 Å². The highest BCUT2D eigenvalue weighted by Gasteiger charge is 2.40. The lowest BCUT2D eigenvalue weighted by atomic mass is 10.0. The van der Waals surface area contributed by atoms with E-state index in [4.69, 9.17) is 21.1 Å². The summed E-state index contributed by atoms with van der Waals surface area (Å²) in [5.74, 6) is -0.349. The van der Waals surface area contributed by atoms with Gasteiger partial charge in [-0.3, -0.25) is 4.90 Å². The number of hydrogen-bond donors (Lipinski definition) is 0. The number of piperidine rings is 1. The molecule has 1 spiro atoms. The van der Waals surface area contributed by atoms with Crippen LogP contribution < -0.4 is 0 Å². The summed E-state index contributed by atoms with van der Waals surface area (Å²) in [4.78, 5) is 6.47. The van der Waals surface area contributed by atoms with Crippen LogP contribution in [0.2, 0.25) is 5.15 Å². The first-order valence-corrected chi connectivity index (χ1v) is 6.74. The lowest BCUT2D eigenvalue weighted by Gasteiger charge is -2.38. The zero-order valence-electron chi connectivity index (χ0n) is 10.3. The monoisotopic (exact) mass is 268 g/mol. The van der Waals surface area contributed by atoms with Crippen molar-refractivity contribution < 1.29 is 9.47 Å². The van der Waals surface area contributed by atoms with Gasteiger partial charge in [-0.25, -0.2) is 4.98 Å². The molecular formula is C13H17ClN2O2. The summed E-state index contributed by atoms with van der Waals surface area (Å²) in [6.45, 7) is 4.23. The predicted molar refractivity (Wildman–Crippen MR) is 68.4 cm³/mol. The number of aromatic nitrogens is 1. The highest BCUT2D eigenvalue weighted by atomic mass is 35.5. The molecule has 5 heteroatoms. The fourth-order valence-electron chi connectivity index (χ4n) is 2.70. The lowest BCUT2D eigenvalue weighted by molar-refractivity contribution is -0.190. The van der Waals surface area contributed by atoms with E-state index in [0.29, 0.717) is 5.15 Å². The molecule has 0 unspecified atom stereocenters. The molecule has 98 valence electrons. The zero-order valence-corrected chi connectivity index (χ0v) is 11.0. The number of nitrogens with zero attached hydrogens (tertiary/aromatic N) is 2. The largest absolute Gasteiger partial charge is 0.346 e. The Morgan fingerprint density at radius 1 is 1.33 bits per heavy atom. The van der Waals surface area contributed by atoms with Gasteiger partial charge >= 0.3 is 0 Å². The average molecular weight is 269 g/mol. The maximum Gasteiger partial charge on any atom is 0.181 e. The lowest BCUT2D eigenvalue weighted by Crippen LogP contribution is -2.48. The Hall–Kier alpha value is -0.680. The highest BCUT2D eigenvalue weighted by molar-refractivity contribution is 6.29. The standard InChI is InChI=1S/C13H17ClN2O2/c14-12-3-2-11(8-15-12)9-16-5-1-4-13(10-16)17-6-7-18-13/h2-3,8H,1,4-7,9-10H2. The second-order valence-electron chi connectivity index (χ2n) is 4.91. The van der Waals surface area contributed by atoms with Gasteiger partial charge in [0.05, 0.1) is 19.8 Å². The fraction of sp³-hybridized carbons (Fsp3) is 0.615. The third kappa shape index (κ3) is 2.67. The average Bonchev–Trinajstić information content (AvgIpc) is 2.80. The third-order valence-electron chi connectivity index (χ3n) is 3.50. The number of rotatable bonds is 2. The van der Waals surface area contributed by atoms with Gasteiger partial charge in [0.2, 0.25) is 0 Å². The van der Waals surface area contributed by atoms with Crippen molar-refractivity contribution in [2.75, 3.05) is 26.3 Å². The molecule has 0 aliphatic carbocycles. The van der Waals surface area contributed by atoms with Crippen molar-refractivity contribution in [3.63, 3.8) is 0 Å². The normalized spacial score (nSPS) is 23.6. The van der Waals surface area contributed by atoms with E-state index >= 15 is 0 Å². The summed E-state index contributed by atoms with van der Waals surface area (Å²) in [5, 5.41) is 0.538. The SMILES string of the molecule is Clc1ccc(CN2CCCC3(C2)OCCO3)cn1. The number of pyridine rings is 1. The summed E-state index contributed by atoms with van der Waals surface area (Å²) in [6, 6.07) is 3.85. The van der Waals surface area contributed by atoms with Gasteiger partial charge in [-0.05, 0) is 24.6 Å². The van der Waals surface area contributed by atoms with Gasteiger partial charge < -0.3 is 9.47 Å². The molecule has 2 aliphatic rings. The first-order valence-electron chi connectivity index (χ1n) is 6.37. The molecule has 0 N–H and O–H groups in total. The van der Waals surface area contributed by atoms with Crippen LogP contribution in [0.3, 0.4) is 0 Å². The van der Waals surface area contributed by atoms with E-state index in [1.807, 2.05) is 18.3 Å². The van der Waals surface area contributed by atoms with Gasteiger partial charge in [0.1, 0.15) is 5.15 Å². The topological polar surface area (TPSA) is 34.6 Å². The van der Waals surface area contributed by atoms with Crippen molar-refractivity contribution >= 4 is 11.6 Å². The molecule has 0 saturated carbocycles. The van der Waals surface area contributed by atoms with E-state index in [0.717, 1.165) is 45.7 Å². The minimum atomic E-state index is -0.349. The zero-order chi connectivity index (χ0) is 12.4. The van der Waals surface area contributed by atoms with Crippen LogP contribution in [0.15, 0.2) is 18.3 Å². The molecule has 0 atom stereocenters. The summed E-state index contributed by atoms with van der Waals surface area (Å²) in [6.07, 6.45) is 3.95. The van der Waals surface area contributed by atoms with E-state index < -0.39 is 0 Å². The van der Waals surface area contributed by atoms with Crippen LogP contribution >= 0.6 is 11.6 Å². The fourth-order valence-corrected chi connectivity index (χ4v) is 2.81. The molecule has 2 aliphatic heterocycles. The van der Waals surface area contributed by atoms with Crippen molar-refractivity contribution in [3.05, 3.63) is 29.0 Å². The molecule has 0 aromatic carbocycles. The molecule has 4 nitrogen and oxygen atoms in total. The van der Waals surface area contributed by atoms with Crippen LogP contribution in [0.4, 0.5) is 0 Å². The van der Waals surface area contributed by atoms with Crippen molar-refractivity contribution in [3.8, 4) is 0 Å². The summed E-state index contributed by atoms with van der Waals surface area (Å²) < 4.78 is 11.5. The quantitative estimate of drug-likeness (QED) is 0.769. The third-order valence-corrected chi connectivity index (χ3v) is 3.73. The van der Waals surface area contributed by atoms with Crippen molar-refractivity contribution in [1.29, 1.82) is 0 Å². The number of halogens is 1. The first-order chi connectivity index (χ1) is 8.76. The number of ether oxygens (including phenoxy) is 2. The Kier molecular flexibility index (Phi) is 3.52. The van der Waals surface area contributed by atoms with Crippen LogP contribution in [0, 0.1) is 0 Å². The molecular weight excluding hydrogens is 252 g/mol. The molecule has 3 rings (SSSR count). The van der Waals surface area contributed by atoms with Gasteiger partial charge in [-0.1, -0.05) is 17.7 Å². The van der Waals surface area contributed by atoms with Crippen LogP contribution in [0.1, 0.15) is 18.4 Å². The number of likely N-dealkylation sites (tertiary alicyclic amines) is 1. The summed E-state index contributed by atoms with van der Waals surface area (Å²) in [7, 11) is 0. The van der Waals surface area contributed by atoms with E-state index in [9.17, 15) is 0 Å². The Balaban J connectivity index is 1.64. The van der Waals surface area contributed by atoms with Gasteiger partial charge in [0.15, 0.2) is 5.79 Å². The molecule has 0 amide bonds. The molecule has 18 heavy (non-hydrogen) atoms. The van der Waals surface area contributed by atoms with Crippen LogP contribution in [-0.4, -0.2) is 42.0 Å².